The maximum Gasteiger partial charge on any atom is 0.254 e. The predicted octanol–water partition coefficient (Wildman–Crippen LogP) is 3.00. The number of carbonyl (C=O) groups excluding carboxylic acids is 2. The second-order valence-electron chi connectivity index (χ2n) is 6.93. The van der Waals surface area contributed by atoms with E-state index in [1.54, 1.807) is 24.5 Å². The standard InChI is InChI=1S/C21H25N3O2/c1-15-13-17(3)19(14-16(15)2)21(26)24-10-4-9-23(11-12-24)20(25)18-5-7-22-8-6-18/h5-8,13-14H,4,9-12H2,1-3H3. The molecule has 2 aromatic rings. The van der Waals surface area contributed by atoms with Crippen LogP contribution >= 0.6 is 0 Å². The zero-order valence-corrected chi connectivity index (χ0v) is 15.7. The van der Waals surface area contributed by atoms with Crippen molar-refractivity contribution in [1.82, 2.24) is 14.8 Å². The molecule has 5 nitrogen and oxygen atoms in total. The van der Waals surface area contributed by atoms with Gasteiger partial charge in [-0.05, 0) is 62.1 Å². The van der Waals surface area contributed by atoms with Crippen molar-refractivity contribution in [2.45, 2.75) is 27.2 Å². The Kier molecular flexibility index (Phi) is 5.35. The first-order valence-corrected chi connectivity index (χ1v) is 9.04. The van der Waals surface area contributed by atoms with Gasteiger partial charge in [-0.2, -0.15) is 0 Å². The van der Waals surface area contributed by atoms with Crippen LogP contribution in [0.25, 0.3) is 0 Å². The van der Waals surface area contributed by atoms with E-state index >= 15 is 0 Å². The fraction of sp³-hybridized carbons (Fsp3) is 0.381. The average molecular weight is 351 g/mol. The molecule has 1 aliphatic heterocycles. The van der Waals surface area contributed by atoms with Crippen molar-refractivity contribution in [3.05, 3.63) is 64.5 Å². The summed E-state index contributed by atoms with van der Waals surface area (Å²) in [4.78, 5) is 33.3. The van der Waals surface area contributed by atoms with Crippen molar-refractivity contribution >= 4 is 11.8 Å². The summed E-state index contributed by atoms with van der Waals surface area (Å²) in [6, 6.07) is 7.51. The molecule has 0 aliphatic carbocycles. The minimum absolute atomic E-state index is 0.00376. The molecule has 0 atom stereocenters. The van der Waals surface area contributed by atoms with Gasteiger partial charge in [-0.3, -0.25) is 14.6 Å². The van der Waals surface area contributed by atoms with Crippen LogP contribution in [0.5, 0.6) is 0 Å². The Morgan fingerprint density at radius 3 is 2.04 bits per heavy atom. The van der Waals surface area contributed by atoms with Crippen LogP contribution in [0.1, 0.15) is 43.8 Å². The highest BCUT2D eigenvalue weighted by Crippen LogP contribution is 2.18. The van der Waals surface area contributed by atoms with Crippen molar-refractivity contribution in [1.29, 1.82) is 0 Å². The zero-order valence-electron chi connectivity index (χ0n) is 15.7. The van der Waals surface area contributed by atoms with Crippen LogP contribution in [0.2, 0.25) is 0 Å². The Morgan fingerprint density at radius 1 is 0.808 bits per heavy atom. The van der Waals surface area contributed by atoms with Gasteiger partial charge < -0.3 is 9.80 Å². The molecule has 1 aromatic carbocycles. The van der Waals surface area contributed by atoms with Crippen LogP contribution in [0.4, 0.5) is 0 Å². The minimum atomic E-state index is 0.00376. The lowest BCUT2D eigenvalue weighted by atomic mass is 10.00. The minimum Gasteiger partial charge on any atom is -0.337 e. The van der Waals surface area contributed by atoms with Crippen molar-refractivity contribution in [2.24, 2.45) is 0 Å². The van der Waals surface area contributed by atoms with Crippen LogP contribution in [0, 0.1) is 20.8 Å². The monoisotopic (exact) mass is 351 g/mol. The van der Waals surface area contributed by atoms with Crippen LogP contribution in [-0.2, 0) is 0 Å². The zero-order chi connectivity index (χ0) is 18.7. The first-order chi connectivity index (χ1) is 12.5. The van der Waals surface area contributed by atoms with Gasteiger partial charge in [0.1, 0.15) is 0 Å². The lowest BCUT2D eigenvalue weighted by Gasteiger charge is -2.23. The number of hydrogen-bond acceptors (Lipinski definition) is 3. The molecule has 0 bridgehead atoms. The Labute approximate surface area is 154 Å². The van der Waals surface area contributed by atoms with Crippen molar-refractivity contribution in [2.75, 3.05) is 26.2 Å². The lowest BCUT2D eigenvalue weighted by molar-refractivity contribution is 0.0718. The van der Waals surface area contributed by atoms with Crippen molar-refractivity contribution in [3.63, 3.8) is 0 Å². The summed E-state index contributed by atoms with van der Waals surface area (Å²) >= 11 is 0. The second-order valence-corrected chi connectivity index (χ2v) is 6.93. The molecule has 0 saturated carbocycles. The molecular weight excluding hydrogens is 326 g/mol. The van der Waals surface area contributed by atoms with E-state index < -0.39 is 0 Å². The van der Waals surface area contributed by atoms with Crippen LogP contribution in [0.15, 0.2) is 36.7 Å². The van der Waals surface area contributed by atoms with E-state index in [1.165, 1.54) is 5.56 Å². The highest BCUT2D eigenvalue weighted by Gasteiger charge is 2.24. The molecule has 0 radical (unpaired) electrons. The van der Waals surface area contributed by atoms with E-state index in [0.29, 0.717) is 31.7 Å². The molecule has 136 valence electrons. The normalized spacial score (nSPS) is 14.9. The maximum absolute atomic E-state index is 13.0. The number of hydrogen-bond donors (Lipinski definition) is 0. The number of aryl methyl sites for hydroxylation is 3. The largest absolute Gasteiger partial charge is 0.337 e. The van der Waals surface area contributed by atoms with Gasteiger partial charge in [0.25, 0.3) is 11.8 Å². The van der Waals surface area contributed by atoms with E-state index in [1.807, 2.05) is 29.7 Å². The molecule has 2 heterocycles. The van der Waals surface area contributed by atoms with Gasteiger partial charge in [-0.25, -0.2) is 0 Å². The molecular formula is C21H25N3O2. The summed E-state index contributed by atoms with van der Waals surface area (Å²) in [7, 11) is 0. The van der Waals surface area contributed by atoms with Crippen LogP contribution < -0.4 is 0 Å². The molecule has 0 N–H and O–H groups in total. The predicted molar refractivity (Wildman–Crippen MR) is 101 cm³/mol. The third-order valence-electron chi connectivity index (χ3n) is 5.07. The first kappa shape index (κ1) is 18.1. The van der Waals surface area contributed by atoms with Gasteiger partial charge in [-0.15, -0.1) is 0 Å². The van der Waals surface area contributed by atoms with E-state index in [0.717, 1.165) is 23.1 Å². The number of rotatable bonds is 2. The van der Waals surface area contributed by atoms with E-state index in [2.05, 4.69) is 18.0 Å². The summed E-state index contributed by atoms with van der Waals surface area (Å²) in [5, 5.41) is 0. The van der Waals surface area contributed by atoms with Crippen LogP contribution in [-0.4, -0.2) is 52.8 Å². The summed E-state index contributed by atoms with van der Waals surface area (Å²) < 4.78 is 0. The third kappa shape index (κ3) is 3.77. The van der Waals surface area contributed by atoms with E-state index in [9.17, 15) is 9.59 Å². The fourth-order valence-corrected chi connectivity index (χ4v) is 3.36. The molecule has 0 spiro atoms. The van der Waals surface area contributed by atoms with Gasteiger partial charge in [0.15, 0.2) is 0 Å². The number of pyridine rings is 1. The molecule has 1 aromatic heterocycles. The van der Waals surface area contributed by atoms with E-state index in [-0.39, 0.29) is 11.8 Å². The van der Waals surface area contributed by atoms with Crippen molar-refractivity contribution in [3.8, 4) is 0 Å². The van der Waals surface area contributed by atoms with Gasteiger partial charge in [0.05, 0.1) is 0 Å². The molecule has 1 aliphatic rings. The lowest BCUT2D eigenvalue weighted by Crippen LogP contribution is -2.37. The topological polar surface area (TPSA) is 53.5 Å². The Hall–Kier alpha value is -2.69. The highest BCUT2D eigenvalue weighted by atomic mass is 16.2. The maximum atomic E-state index is 13.0. The molecule has 26 heavy (non-hydrogen) atoms. The van der Waals surface area contributed by atoms with Gasteiger partial charge >= 0.3 is 0 Å². The number of nitrogens with zero attached hydrogens (tertiary/aromatic N) is 3. The van der Waals surface area contributed by atoms with E-state index in [4.69, 9.17) is 0 Å². The summed E-state index contributed by atoms with van der Waals surface area (Å²) in [5.74, 6) is 0.0628. The summed E-state index contributed by atoms with van der Waals surface area (Å²) in [6.07, 6.45) is 4.04. The average Bonchev–Trinajstić information content (AvgIpc) is 2.90. The number of amides is 2. The van der Waals surface area contributed by atoms with Crippen LogP contribution in [0.3, 0.4) is 0 Å². The highest BCUT2D eigenvalue weighted by molar-refractivity contribution is 5.96. The summed E-state index contributed by atoms with van der Waals surface area (Å²) in [6.45, 7) is 8.52. The molecule has 0 unspecified atom stereocenters. The van der Waals surface area contributed by atoms with Gasteiger partial charge in [0, 0.05) is 49.7 Å². The number of carbonyl (C=O) groups is 2. The Balaban J connectivity index is 1.72. The first-order valence-electron chi connectivity index (χ1n) is 9.04. The molecule has 5 heteroatoms. The third-order valence-corrected chi connectivity index (χ3v) is 5.07. The molecule has 1 saturated heterocycles. The number of benzene rings is 1. The Bertz CT molecular complexity index is 818. The van der Waals surface area contributed by atoms with Crippen molar-refractivity contribution < 1.29 is 9.59 Å². The second kappa shape index (κ2) is 7.68. The quantitative estimate of drug-likeness (QED) is 0.836. The Morgan fingerprint density at radius 2 is 1.38 bits per heavy atom. The molecule has 3 rings (SSSR count). The summed E-state index contributed by atoms with van der Waals surface area (Å²) in [5.41, 5.74) is 4.74. The number of aromatic nitrogens is 1. The van der Waals surface area contributed by atoms with Gasteiger partial charge in [0.2, 0.25) is 0 Å². The molecule has 1 fully saturated rings. The molecule has 2 amide bonds. The SMILES string of the molecule is Cc1cc(C)c(C(=O)N2CCCN(C(=O)c3ccncc3)CC2)cc1C. The fourth-order valence-electron chi connectivity index (χ4n) is 3.36. The van der Waals surface area contributed by atoms with Gasteiger partial charge in [-0.1, -0.05) is 6.07 Å². The smallest absolute Gasteiger partial charge is 0.254 e.